The number of aromatic nitrogens is 2. The Balaban J connectivity index is 1.54. The van der Waals surface area contributed by atoms with Crippen molar-refractivity contribution in [2.75, 3.05) is 59.9 Å². The Bertz CT molecular complexity index is 1620. The molecule has 3 heterocycles. The van der Waals surface area contributed by atoms with Crippen LogP contribution in [0, 0.1) is 6.92 Å². The molecule has 1 aromatic heterocycles. The number of nitrogens with zero attached hydrogens (tertiary/aromatic N) is 4. The van der Waals surface area contributed by atoms with Gasteiger partial charge in [-0.2, -0.15) is 0 Å². The average molecular weight is 774 g/mol. The van der Waals surface area contributed by atoms with E-state index >= 15 is 0 Å². The van der Waals surface area contributed by atoms with Crippen LogP contribution in [0.1, 0.15) is 54.5 Å². The van der Waals surface area contributed by atoms with Gasteiger partial charge in [-0.1, -0.05) is 19.1 Å². The third kappa shape index (κ3) is 9.38. The van der Waals surface area contributed by atoms with Crippen LogP contribution in [-0.4, -0.2) is 74.1 Å². The first-order valence-electron chi connectivity index (χ1n) is 17.1. The Hall–Kier alpha value is -2.97. The Morgan fingerprint density at radius 1 is 1.10 bits per heavy atom. The number of unbranched alkanes of at least 4 members (excludes halogenated alkanes) is 1. The number of aliphatic hydroxyl groups excluding tert-OH is 1. The van der Waals surface area contributed by atoms with E-state index in [0.29, 0.717) is 56.7 Å². The van der Waals surface area contributed by atoms with Gasteiger partial charge in [-0.05, 0) is 5.56 Å². The first-order chi connectivity index (χ1) is 23.4. The van der Waals surface area contributed by atoms with E-state index in [4.69, 9.17) is 19.3 Å². The third-order valence-electron chi connectivity index (χ3n) is 8.96. The molecule has 1 atom stereocenters. The molecule has 1 N–H and O–H groups in total. The molecule has 2 aromatic carbocycles. The standard InChI is InChI=1S/C37H50IN4O6/c1-4-5-9-34(48-33-8-6-7-30(24-33)26-40-16-20-46-21-17-40)42(27-29-10-12-31(13-11-29)32-14-15-38-25-32)35-28(2)39(3)37(45)41(36(35)44)18-22-47-23-19-43/h6-13,24,32,43H,4-5,14-23,25-27H2,1-3H3/q-1/b34-9-. The number of ether oxygens (including phenoxy) is 3. The van der Waals surface area contributed by atoms with Crippen molar-refractivity contribution in [2.24, 2.45) is 7.05 Å². The first kappa shape index (κ1) is 36.3. The number of aliphatic hydroxyl groups is 1. The summed E-state index contributed by atoms with van der Waals surface area (Å²) in [5.41, 5.74) is 3.70. The van der Waals surface area contributed by atoms with Gasteiger partial charge in [0.05, 0.1) is 33.0 Å². The summed E-state index contributed by atoms with van der Waals surface area (Å²) in [7, 11) is 1.69. The molecule has 11 heteroatoms. The summed E-state index contributed by atoms with van der Waals surface area (Å²) in [4.78, 5) is 32.0. The Labute approximate surface area is 294 Å². The van der Waals surface area contributed by atoms with Gasteiger partial charge < -0.3 is 14.6 Å². The van der Waals surface area contributed by atoms with Crippen molar-refractivity contribution in [3.8, 4) is 5.75 Å². The molecule has 0 aliphatic carbocycles. The van der Waals surface area contributed by atoms with E-state index in [1.807, 2.05) is 30.0 Å². The fourth-order valence-electron chi connectivity index (χ4n) is 6.10. The zero-order valence-corrected chi connectivity index (χ0v) is 30.7. The molecule has 10 nitrogen and oxygen atoms in total. The third-order valence-corrected chi connectivity index (χ3v) is 12.0. The zero-order chi connectivity index (χ0) is 33.9. The number of alkyl halides is 2. The fourth-order valence-corrected chi connectivity index (χ4v) is 9.43. The minimum absolute atomic E-state index is 0.0732. The Morgan fingerprint density at radius 2 is 1.90 bits per heavy atom. The zero-order valence-electron chi connectivity index (χ0n) is 28.5. The molecule has 2 fully saturated rings. The molecular formula is C37H50IN4O6-. The number of anilines is 1. The molecule has 0 bridgehead atoms. The van der Waals surface area contributed by atoms with Crippen molar-refractivity contribution >= 4 is 5.69 Å². The number of rotatable bonds is 16. The maximum absolute atomic E-state index is 14.3. The molecule has 0 amide bonds. The van der Waals surface area contributed by atoms with Crippen molar-refractivity contribution < 1.29 is 40.5 Å². The van der Waals surface area contributed by atoms with Gasteiger partial charge in [0.1, 0.15) is 0 Å². The fraction of sp³-hybridized carbons (Fsp3) is 0.514. The van der Waals surface area contributed by atoms with E-state index in [1.54, 1.807) is 7.05 Å². The average Bonchev–Trinajstić information content (AvgIpc) is 3.65. The molecule has 262 valence electrons. The van der Waals surface area contributed by atoms with Crippen molar-refractivity contribution in [1.29, 1.82) is 0 Å². The second-order valence-electron chi connectivity index (χ2n) is 12.4. The molecule has 48 heavy (non-hydrogen) atoms. The monoisotopic (exact) mass is 773 g/mol. The summed E-state index contributed by atoms with van der Waals surface area (Å²) >= 11 is 0.324. The van der Waals surface area contributed by atoms with E-state index in [0.717, 1.165) is 56.8 Å². The van der Waals surface area contributed by atoms with Crippen LogP contribution >= 0.6 is 0 Å². The molecule has 0 saturated carbocycles. The van der Waals surface area contributed by atoms with Crippen molar-refractivity contribution in [3.63, 3.8) is 0 Å². The van der Waals surface area contributed by atoms with Crippen LogP contribution in [0.2, 0.25) is 0 Å². The van der Waals surface area contributed by atoms with Gasteiger partial charge in [-0.3, -0.25) is 4.90 Å². The SMILES string of the molecule is CCC/C=C(\Oc1cccc(CN2CCOCC2)c1)N(Cc1ccc(C2CC[I-]C2)cc1)c1c(C)n(C)c(=O)n(CCOCCO)c1=O. The van der Waals surface area contributed by atoms with Crippen molar-refractivity contribution in [3.05, 3.63) is 104 Å². The second kappa shape index (κ2) is 18.1. The number of hydrogen-bond acceptors (Lipinski definition) is 8. The van der Waals surface area contributed by atoms with E-state index in [9.17, 15) is 9.59 Å². The van der Waals surface area contributed by atoms with E-state index in [-0.39, 0.29) is 26.4 Å². The Kier molecular flexibility index (Phi) is 13.7. The topological polar surface area (TPSA) is 98.4 Å². The van der Waals surface area contributed by atoms with Gasteiger partial charge >= 0.3 is 194 Å². The molecule has 0 radical (unpaired) electrons. The molecule has 0 spiro atoms. The minimum atomic E-state index is -0.409. The van der Waals surface area contributed by atoms with Gasteiger partial charge in [0.15, 0.2) is 0 Å². The number of halogens is 1. The van der Waals surface area contributed by atoms with Gasteiger partial charge in [-0.15, -0.1) is 0 Å². The number of benzene rings is 2. The quantitative estimate of drug-likeness (QED) is 0.0999. The normalized spacial score (nSPS) is 17.3. The summed E-state index contributed by atoms with van der Waals surface area (Å²) < 4.78 is 23.2. The number of allylic oxidation sites excluding steroid dienone is 1. The van der Waals surface area contributed by atoms with Gasteiger partial charge in [0.25, 0.3) is 0 Å². The molecule has 2 aliphatic heterocycles. The number of hydrogen-bond donors (Lipinski definition) is 1. The van der Waals surface area contributed by atoms with E-state index in [2.05, 4.69) is 48.2 Å². The summed E-state index contributed by atoms with van der Waals surface area (Å²) in [6.07, 6.45) is 4.97. The number of morpholine rings is 1. The van der Waals surface area contributed by atoms with Gasteiger partial charge in [0, 0.05) is 19.6 Å². The summed E-state index contributed by atoms with van der Waals surface area (Å²) in [5, 5.41) is 9.15. The van der Waals surface area contributed by atoms with E-state index in [1.165, 1.54) is 30.0 Å². The van der Waals surface area contributed by atoms with Gasteiger partial charge in [0.2, 0.25) is 0 Å². The van der Waals surface area contributed by atoms with Crippen LogP contribution in [0.3, 0.4) is 0 Å². The Morgan fingerprint density at radius 3 is 2.60 bits per heavy atom. The molecule has 3 aromatic rings. The first-order valence-corrected chi connectivity index (χ1v) is 20.1. The van der Waals surface area contributed by atoms with Crippen LogP contribution in [-0.2, 0) is 36.2 Å². The predicted molar refractivity (Wildman–Crippen MR) is 184 cm³/mol. The van der Waals surface area contributed by atoms with Crippen LogP contribution < -0.4 is 42.1 Å². The van der Waals surface area contributed by atoms with Crippen LogP contribution in [0.4, 0.5) is 5.69 Å². The van der Waals surface area contributed by atoms with Crippen LogP contribution in [0.15, 0.2) is 70.1 Å². The molecular weight excluding hydrogens is 723 g/mol. The molecule has 5 rings (SSSR count). The summed E-state index contributed by atoms with van der Waals surface area (Å²) in [6, 6.07) is 16.9. The van der Waals surface area contributed by atoms with Crippen LogP contribution in [0.25, 0.3) is 0 Å². The summed E-state index contributed by atoms with van der Waals surface area (Å²) in [5.74, 6) is 1.89. The van der Waals surface area contributed by atoms with Gasteiger partial charge in [-0.25, -0.2) is 4.79 Å². The maximum atomic E-state index is 14.3. The second-order valence-corrected chi connectivity index (χ2v) is 15.4. The predicted octanol–water partition coefficient (Wildman–Crippen LogP) is 1.000. The summed E-state index contributed by atoms with van der Waals surface area (Å²) in [6.45, 7) is 8.59. The van der Waals surface area contributed by atoms with E-state index < -0.39 is 11.2 Å². The van der Waals surface area contributed by atoms with Crippen LogP contribution in [0.5, 0.6) is 5.75 Å². The molecule has 2 aliphatic rings. The molecule has 2 saturated heterocycles. The molecule has 1 unspecified atom stereocenters. The van der Waals surface area contributed by atoms with Crippen molar-refractivity contribution in [1.82, 2.24) is 14.0 Å². The van der Waals surface area contributed by atoms with Crippen molar-refractivity contribution in [2.45, 2.75) is 58.7 Å².